The Morgan fingerprint density at radius 3 is 2.72 bits per heavy atom. The number of benzene rings is 1. The summed E-state index contributed by atoms with van der Waals surface area (Å²) in [6.07, 6.45) is 0.0289. The van der Waals surface area contributed by atoms with Crippen molar-refractivity contribution in [1.82, 2.24) is 4.90 Å². The molecule has 0 unspecified atom stereocenters. The maximum atomic E-state index is 12.4. The van der Waals surface area contributed by atoms with Gasteiger partial charge in [0.2, 0.25) is 5.91 Å². The van der Waals surface area contributed by atoms with Gasteiger partial charge in [0.05, 0.1) is 31.8 Å². The predicted octanol–water partition coefficient (Wildman–Crippen LogP) is 1.14. The second kappa shape index (κ2) is 7.84. The number of carbonyl (C=O) groups excluding carboxylic acids is 1. The van der Waals surface area contributed by atoms with Gasteiger partial charge in [0.1, 0.15) is 0 Å². The average Bonchev–Trinajstić information content (AvgIpc) is 2.97. The van der Waals surface area contributed by atoms with Gasteiger partial charge >= 0.3 is 5.97 Å². The highest BCUT2D eigenvalue weighted by Crippen LogP contribution is 2.42. The normalized spacial score (nSPS) is 24.0. The second-order valence-corrected chi connectivity index (χ2v) is 6.33. The van der Waals surface area contributed by atoms with E-state index < -0.39 is 17.9 Å². The molecule has 2 aliphatic heterocycles. The van der Waals surface area contributed by atoms with Crippen molar-refractivity contribution in [2.75, 3.05) is 51.5 Å². The number of anilines is 1. The van der Waals surface area contributed by atoms with E-state index in [0.717, 1.165) is 24.3 Å². The van der Waals surface area contributed by atoms with E-state index in [1.54, 1.807) is 12.0 Å². The molecule has 7 heteroatoms. The topological polar surface area (TPSA) is 79.3 Å². The van der Waals surface area contributed by atoms with Crippen molar-refractivity contribution in [2.45, 2.75) is 12.5 Å². The van der Waals surface area contributed by atoms with Gasteiger partial charge in [-0.1, -0.05) is 18.2 Å². The van der Waals surface area contributed by atoms with Crippen LogP contribution in [0, 0.1) is 5.92 Å². The number of hydrogen-bond acceptors (Lipinski definition) is 5. The van der Waals surface area contributed by atoms with Gasteiger partial charge in [-0.05, 0) is 11.6 Å². The smallest absolute Gasteiger partial charge is 0.309 e. The number of amides is 1. The van der Waals surface area contributed by atoms with Crippen LogP contribution >= 0.6 is 0 Å². The van der Waals surface area contributed by atoms with E-state index in [0.29, 0.717) is 26.4 Å². The summed E-state index contributed by atoms with van der Waals surface area (Å²) in [5.41, 5.74) is 1.87. The summed E-state index contributed by atoms with van der Waals surface area (Å²) in [4.78, 5) is 28.1. The Hall–Kier alpha value is -2.12. The lowest BCUT2D eigenvalue weighted by Gasteiger charge is -2.34. The van der Waals surface area contributed by atoms with Crippen LogP contribution in [0.2, 0.25) is 0 Å². The molecule has 2 fully saturated rings. The lowest BCUT2D eigenvalue weighted by Crippen LogP contribution is -2.39. The van der Waals surface area contributed by atoms with Crippen molar-refractivity contribution in [3.05, 3.63) is 29.8 Å². The lowest BCUT2D eigenvalue weighted by molar-refractivity contribution is -0.142. The molecule has 0 aromatic heterocycles. The highest BCUT2D eigenvalue weighted by molar-refractivity contribution is 5.88. The molecule has 1 aromatic carbocycles. The van der Waals surface area contributed by atoms with E-state index >= 15 is 0 Å². The first kappa shape index (κ1) is 17.7. The largest absolute Gasteiger partial charge is 0.481 e. The Morgan fingerprint density at radius 1 is 1.32 bits per heavy atom. The number of aliphatic carboxylic acids is 1. The summed E-state index contributed by atoms with van der Waals surface area (Å²) in [7, 11) is 1.58. The number of likely N-dealkylation sites (tertiary alicyclic amines) is 1. The minimum Gasteiger partial charge on any atom is -0.481 e. The van der Waals surface area contributed by atoms with E-state index in [9.17, 15) is 14.7 Å². The molecular weight excluding hydrogens is 324 g/mol. The van der Waals surface area contributed by atoms with Crippen molar-refractivity contribution in [3.8, 4) is 0 Å². The number of hydrogen-bond donors (Lipinski definition) is 1. The van der Waals surface area contributed by atoms with Crippen molar-refractivity contribution < 1.29 is 24.2 Å². The van der Waals surface area contributed by atoms with Gasteiger partial charge in [-0.3, -0.25) is 9.59 Å². The molecule has 0 saturated carbocycles. The van der Waals surface area contributed by atoms with Crippen LogP contribution in [0.3, 0.4) is 0 Å². The van der Waals surface area contributed by atoms with Gasteiger partial charge < -0.3 is 24.4 Å². The monoisotopic (exact) mass is 348 g/mol. The fraction of sp³-hybridized carbons (Fsp3) is 0.556. The number of morpholine rings is 1. The number of rotatable bonds is 6. The van der Waals surface area contributed by atoms with Crippen LogP contribution in [0.5, 0.6) is 0 Å². The molecule has 25 heavy (non-hydrogen) atoms. The average molecular weight is 348 g/mol. The Kier molecular flexibility index (Phi) is 5.55. The minimum absolute atomic E-state index is 0.0289. The van der Waals surface area contributed by atoms with Crippen LogP contribution in [0.25, 0.3) is 0 Å². The van der Waals surface area contributed by atoms with Gasteiger partial charge in [0.25, 0.3) is 0 Å². The third-order valence-electron chi connectivity index (χ3n) is 4.89. The van der Waals surface area contributed by atoms with E-state index in [2.05, 4.69) is 4.90 Å². The Bertz CT molecular complexity index is 630. The van der Waals surface area contributed by atoms with Gasteiger partial charge in [0.15, 0.2) is 0 Å². The number of methoxy groups -OCH3 is 1. The summed E-state index contributed by atoms with van der Waals surface area (Å²) in [5, 5.41) is 9.66. The highest BCUT2D eigenvalue weighted by Gasteiger charge is 2.45. The first-order chi connectivity index (χ1) is 12.1. The van der Waals surface area contributed by atoms with Crippen molar-refractivity contribution in [3.63, 3.8) is 0 Å². The molecule has 3 rings (SSSR count). The van der Waals surface area contributed by atoms with Gasteiger partial charge in [-0.15, -0.1) is 0 Å². The lowest BCUT2D eigenvalue weighted by atomic mass is 9.92. The van der Waals surface area contributed by atoms with Crippen LogP contribution in [0.15, 0.2) is 24.3 Å². The SMILES string of the molecule is COCCN1C(=O)C[C@@H](C(=O)O)[C@@H]1c1ccccc1N1CCOCC1. The summed E-state index contributed by atoms with van der Waals surface area (Å²) >= 11 is 0. The first-order valence-corrected chi connectivity index (χ1v) is 8.56. The summed E-state index contributed by atoms with van der Waals surface area (Å²) < 4.78 is 10.5. The quantitative estimate of drug-likeness (QED) is 0.831. The fourth-order valence-corrected chi connectivity index (χ4v) is 3.68. The fourth-order valence-electron chi connectivity index (χ4n) is 3.68. The van der Waals surface area contributed by atoms with Crippen LogP contribution < -0.4 is 4.90 Å². The van der Waals surface area contributed by atoms with E-state index in [1.807, 2.05) is 24.3 Å². The molecule has 0 bridgehead atoms. The minimum atomic E-state index is -0.935. The number of nitrogens with zero attached hydrogens (tertiary/aromatic N) is 2. The van der Waals surface area contributed by atoms with E-state index in [4.69, 9.17) is 9.47 Å². The zero-order valence-corrected chi connectivity index (χ0v) is 14.4. The zero-order chi connectivity index (χ0) is 17.8. The number of carboxylic acid groups (broad SMARTS) is 1. The van der Waals surface area contributed by atoms with Gasteiger partial charge in [-0.2, -0.15) is 0 Å². The molecule has 2 heterocycles. The number of carbonyl (C=O) groups is 2. The molecule has 2 atom stereocenters. The van der Waals surface area contributed by atoms with Crippen LogP contribution in [-0.2, 0) is 19.1 Å². The number of carboxylic acids is 1. The van der Waals surface area contributed by atoms with Gasteiger partial charge in [0, 0.05) is 38.9 Å². The molecule has 0 spiro atoms. The van der Waals surface area contributed by atoms with Crippen molar-refractivity contribution in [1.29, 1.82) is 0 Å². The molecule has 0 radical (unpaired) electrons. The summed E-state index contributed by atoms with van der Waals surface area (Å²) in [6.45, 7) is 3.58. The molecule has 0 aliphatic carbocycles. The maximum absolute atomic E-state index is 12.4. The standard InChI is InChI=1S/C18H24N2O5/c1-24-9-8-20-16(21)12-14(18(22)23)17(20)13-4-2-3-5-15(13)19-6-10-25-11-7-19/h2-5,14,17H,6-12H2,1H3,(H,22,23)/t14-,17+/m1/s1. The molecule has 136 valence electrons. The predicted molar refractivity (Wildman–Crippen MR) is 91.5 cm³/mol. The third kappa shape index (κ3) is 3.62. The van der Waals surface area contributed by atoms with Crippen molar-refractivity contribution >= 4 is 17.6 Å². The Balaban J connectivity index is 1.98. The third-order valence-corrected chi connectivity index (χ3v) is 4.89. The maximum Gasteiger partial charge on any atom is 0.309 e. The van der Waals surface area contributed by atoms with Crippen molar-refractivity contribution in [2.24, 2.45) is 5.92 Å². The number of ether oxygens (including phenoxy) is 2. The second-order valence-electron chi connectivity index (χ2n) is 6.33. The molecule has 1 amide bonds. The summed E-state index contributed by atoms with van der Waals surface area (Å²) in [6, 6.07) is 7.30. The van der Waals surface area contributed by atoms with E-state index in [-0.39, 0.29) is 12.3 Å². The van der Waals surface area contributed by atoms with Crippen LogP contribution in [-0.4, -0.2) is 68.4 Å². The molecule has 2 aliphatic rings. The first-order valence-electron chi connectivity index (χ1n) is 8.56. The Morgan fingerprint density at radius 2 is 2.04 bits per heavy atom. The molecule has 2 saturated heterocycles. The van der Waals surface area contributed by atoms with Crippen LogP contribution in [0.1, 0.15) is 18.0 Å². The Labute approximate surface area is 147 Å². The summed E-state index contributed by atoms with van der Waals surface area (Å²) in [5.74, 6) is -1.81. The highest BCUT2D eigenvalue weighted by atomic mass is 16.5. The molecular formula is C18H24N2O5. The van der Waals surface area contributed by atoms with Crippen LogP contribution in [0.4, 0.5) is 5.69 Å². The molecule has 1 aromatic rings. The van der Waals surface area contributed by atoms with E-state index in [1.165, 1.54) is 0 Å². The number of para-hydroxylation sites is 1. The zero-order valence-electron chi connectivity index (χ0n) is 14.4. The molecule has 7 nitrogen and oxygen atoms in total. The molecule has 1 N–H and O–H groups in total. The van der Waals surface area contributed by atoms with Gasteiger partial charge in [-0.25, -0.2) is 0 Å².